The number of carboxylic acids is 1. The van der Waals surface area contributed by atoms with E-state index in [-0.39, 0.29) is 23.7 Å². The molecule has 17 heavy (non-hydrogen) atoms. The molecule has 0 saturated heterocycles. The molecular weight excluding hydrogens is 240 g/mol. The first kappa shape index (κ1) is 13.1. The van der Waals surface area contributed by atoms with Crippen LogP contribution < -0.4 is 0 Å². The average Bonchev–Trinajstić information content (AvgIpc) is 2.30. The summed E-state index contributed by atoms with van der Waals surface area (Å²) >= 11 is 0. The summed E-state index contributed by atoms with van der Waals surface area (Å²) in [6, 6.07) is 13.9. The van der Waals surface area contributed by atoms with Crippen molar-refractivity contribution in [2.75, 3.05) is 0 Å². The molecule has 2 N–H and O–H groups in total. The van der Waals surface area contributed by atoms with Gasteiger partial charge in [-0.1, -0.05) is 42.5 Å². The lowest BCUT2D eigenvalue weighted by Gasteiger charge is -2.06. The Hall–Kier alpha value is -2.00. The second-order valence-electron chi connectivity index (χ2n) is 3.37. The number of aromatic hydroxyl groups is 1. The van der Waals surface area contributed by atoms with Gasteiger partial charge in [-0.2, -0.15) is 0 Å². The zero-order chi connectivity index (χ0) is 11.5. The first-order chi connectivity index (χ1) is 7.70. The van der Waals surface area contributed by atoms with Gasteiger partial charge in [-0.3, -0.25) is 0 Å². The molecule has 0 saturated carbocycles. The van der Waals surface area contributed by atoms with Gasteiger partial charge >= 0.3 is 5.97 Å². The molecule has 0 aromatic heterocycles. The van der Waals surface area contributed by atoms with E-state index in [0.29, 0.717) is 5.56 Å². The molecule has 3 nitrogen and oxygen atoms in total. The lowest BCUT2D eigenvalue weighted by atomic mass is 10.0. The van der Waals surface area contributed by atoms with Crippen LogP contribution in [-0.2, 0) is 0 Å². The number of para-hydroxylation sites is 1. The Balaban J connectivity index is 0.00000144. The molecule has 0 spiro atoms. The molecule has 0 heterocycles. The molecular formula is C13H11ClO3. The Labute approximate surface area is 105 Å². The Morgan fingerprint density at radius 1 is 0.941 bits per heavy atom. The fraction of sp³-hybridized carbons (Fsp3) is 0. The fourth-order valence-corrected chi connectivity index (χ4v) is 1.57. The van der Waals surface area contributed by atoms with Crippen molar-refractivity contribution in [1.82, 2.24) is 0 Å². The lowest BCUT2D eigenvalue weighted by molar-refractivity contribution is 0.0694. The van der Waals surface area contributed by atoms with Crippen LogP contribution in [0.2, 0.25) is 0 Å². The number of phenols is 1. The number of carbonyl (C=O) groups is 1. The molecule has 2 aromatic carbocycles. The standard InChI is InChI=1S/C13H10O3.ClH/c14-12-10(9-5-2-1-3-6-9)7-4-8-11(12)13(15)16;/h1-8,14H,(H,15,16);1H. The van der Waals surface area contributed by atoms with Crippen molar-refractivity contribution < 1.29 is 15.0 Å². The van der Waals surface area contributed by atoms with E-state index in [4.69, 9.17) is 5.11 Å². The Morgan fingerprint density at radius 3 is 2.18 bits per heavy atom. The number of halogens is 1. The van der Waals surface area contributed by atoms with E-state index in [1.807, 2.05) is 30.3 Å². The predicted octanol–water partition coefficient (Wildman–Crippen LogP) is 3.18. The van der Waals surface area contributed by atoms with Gasteiger partial charge in [0.2, 0.25) is 0 Å². The molecule has 0 fully saturated rings. The Kier molecular flexibility index (Phi) is 4.12. The monoisotopic (exact) mass is 250 g/mol. The minimum atomic E-state index is -1.13. The van der Waals surface area contributed by atoms with Crippen LogP contribution in [0.1, 0.15) is 10.4 Å². The van der Waals surface area contributed by atoms with Crippen molar-refractivity contribution in [1.29, 1.82) is 0 Å². The summed E-state index contributed by atoms with van der Waals surface area (Å²) in [6.07, 6.45) is 0. The van der Waals surface area contributed by atoms with Crippen molar-refractivity contribution in [3.63, 3.8) is 0 Å². The summed E-state index contributed by atoms with van der Waals surface area (Å²) < 4.78 is 0. The highest BCUT2D eigenvalue weighted by Gasteiger charge is 2.13. The van der Waals surface area contributed by atoms with Crippen LogP contribution in [0.5, 0.6) is 5.75 Å². The highest BCUT2D eigenvalue weighted by atomic mass is 35.5. The highest BCUT2D eigenvalue weighted by molar-refractivity contribution is 5.94. The summed E-state index contributed by atoms with van der Waals surface area (Å²) in [7, 11) is 0. The van der Waals surface area contributed by atoms with Crippen LogP contribution in [0, 0.1) is 0 Å². The molecule has 0 amide bonds. The molecule has 88 valence electrons. The summed E-state index contributed by atoms with van der Waals surface area (Å²) in [5.74, 6) is -1.32. The molecule has 0 aliphatic heterocycles. The van der Waals surface area contributed by atoms with Gasteiger partial charge in [-0.05, 0) is 11.6 Å². The minimum absolute atomic E-state index is 0. The second kappa shape index (κ2) is 5.37. The number of hydrogen-bond acceptors (Lipinski definition) is 2. The molecule has 2 aromatic rings. The largest absolute Gasteiger partial charge is 0.506 e. The minimum Gasteiger partial charge on any atom is -0.506 e. The molecule has 0 atom stereocenters. The summed E-state index contributed by atoms with van der Waals surface area (Å²) in [4.78, 5) is 10.8. The normalized spacial score (nSPS) is 9.41. The zero-order valence-electron chi connectivity index (χ0n) is 8.83. The van der Waals surface area contributed by atoms with E-state index in [0.717, 1.165) is 5.56 Å². The average molecular weight is 251 g/mol. The van der Waals surface area contributed by atoms with Crippen molar-refractivity contribution in [2.45, 2.75) is 0 Å². The van der Waals surface area contributed by atoms with Crippen LogP contribution in [-0.4, -0.2) is 16.2 Å². The van der Waals surface area contributed by atoms with Crippen LogP contribution in [0.4, 0.5) is 0 Å². The number of hydrogen-bond donors (Lipinski definition) is 2. The molecule has 0 radical (unpaired) electrons. The summed E-state index contributed by atoms with van der Waals surface area (Å²) in [5, 5.41) is 18.7. The number of carboxylic acid groups (broad SMARTS) is 1. The van der Waals surface area contributed by atoms with Crippen molar-refractivity contribution in [3.05, 3.63) is 54.1 Å². The molecule has 0 aliphatic rings. The van der Waals surface area contributed by atoms with Crippen molar-refractivity contribution in [3.8, 4) is 16.9 Å². The predicted molar refractivity (Wildman–Crippen MR) is 67.8 cm³/mol. The maximum atomic E-state index is 10.8. The van der Waals surface area contributed by atoms with E-state index in [1.54, 1.807) is 12.1 Å². The van der Waals surface area contributed by atoms with E-state index in [1.165, 1.54) is 6.07 Å². The van der Waals surface area contributed by atoms with E-state index < -0.39 is 5.97 Å². The number of benzene rings is 2. The molecule has 0 unspecified atom stereocenters. The maximum absolute atomic E-state index is 10.8. The number of rotatable bonds is 2. The molecule has 2 rings (SSSR count). The van der Waals surface area contributed by atoms with Gasteiger partial charge in [0.15, 0.2) is 0 Å². The van der Waals surface area contributed by atoms with Gasteiger partial charge in [0, 0.05) is 5.56 Å². The third kappa shape index (κ3) is 2.57. The maximum Gasteiger partial charge on any atom is 0.339 e. The van der Waals surface area contributed by atoms with Crippen LogP contribution in [0.3, 0.4) is 0 Å². The lowest BCUT2D eigenvalue weighted by Crippen LogP contribution is -1.97. The van der Waals surface area contributed by atoms with Gasteiger partial charge in [0.1, 0.15) is 11.3 Å². The van der Waals surface area contributed by atoms with Gasteiger partial charge in [-0.15, -0.1) is 12.4 Å². The van der Waals surface area contributed by atoms with E-state index in [9.17, 15) is 9.90 Å². The molecule has 4 heteroatoms. The van der Waals surface area contributed by atoms with Gasteiger partial charge in [0.25, 0.3) is 0 Å². The van der Waals surface area contributed by atoms with E-state index >= 15 is 0 Å². The Bertz CT molecular complexity index is 523. The third-order valence-corrected chi connectivity index (χ3v) is 2.35. The van der Waals surface area contributed by atoms with Gasteiger partial charge < -0.3 is 10.2 Å². The summed E-state index contributed by atoms with van der Waals surface area (Å²) in [6.45, 7) is 0. The van der Waals surface area contributed by atoms with Crippen LogP contribution in [0.15, 0.2) is 48.5 Å². The molecule has 0 bridgehead atoms. The second-order valence-corrected chi connectivity index (χ2v) is 3.37. The fourth-order valence-electron chi connectivity index (χ4n) is 1.57. The first-order valence-corrected chi connectivity index (χ1v) is 4.81. The third-order valence-electron chi connectivity index (χ3n) is 2.35. The number of aromatic carboxylic acids is 1. The molecule has 0 aliphatic carbocycles. The Morgan fingerprint density at radius 2 is 1.59 bits per heavy atom. The highest BCUT2D eigenvalue weighted by Crippen LogP contribution is 2.31. The van der Waals surface area contributed by atoms with Crippen molar-refractivity contribution in [2.24, 2.45) is 0 Å². The van der Waals surface area contributed by atoms with Gasteiger partial charge in [0.05, 0.1) is 0 Å². The quantitative estimate of drug-likeness (QED) is 0.861. The smallest absolute Gasteiger partial charge is 0.339 e. The first-order valence-electron chi connectivity index (χ1n) is 4.81. The van der Waals surface area contributed by atoms with Crippen LogP contribution in [0.25, 0.3) is 11.1 Å². The van der Waals surface area contributed by atoms with E-state index in [2.05, 4.69) is 0 Å². The van der Waals surface area contributed by atoms with Gasteiger partial charge in [-0.25, -0.2) is 4.79 Å². The van der Waals surface area contributed by atoms with Crippen molar-refractivity contribution >= 4 is 18.4 Å². The topological polar surface area (TPSA) is 57.5 Å². The van der Waals surface area contributed by atoms with Crippen LogP contribution >= 0.6 is 12.4 Å². The summed E-state index contributed by atoms with van der Waals surface area (Å²) in [5.41, 5.74) is 1.24. The SMILES string of the molecule is Cl.O=C(O)c1cccc(-c2ccccc2)c1O. The zero-order valence-corrected chi connectivity index (χ0v) is 9.65.